The summed E-state index contributed by atoms with van der Waals surface area (Å²) in [6.07, 6.45) is 3.80. The minimum Gasteiger partial charge on any atom is -0.396 e. The van der Waals surface area contributed by atoms with Gasteiger partial charge in [-0.25, -0.2) is 4.98 Å². The first-order valence-electron chi connectivity index (χ1n) is 4.91. The molecule has 0 aromatic carbocycles. The van der Waals surface area contributed by atoms with Crippen LogP contribution in [-0.2, 0) is 4.74 Å². The Labute approximate surface area is 83.5 Å². The molecule has 76 valence electrons. The van der Waals surface area contributed by atoms with Crippen LogP contribution in [-0.4, -0.2) is 24.2 Å². The number of nitrogens with zero attached hydrogens (tertiary/aromatic N) is 1. The van der Waals surface area contributed by atoms with Crippen molar-refractivity contribution in [2.24, 2.45) is 0 Å². The maximum Gasteiger partial charge on any atom is 0.149 e. The molecule has 1 aromatic rings. The van der Waals surface area contributed by atoms with Gasteiger partial charge in [0.15, 0.2) is 0 Å². The van der Waals surface area contributed by atoms with E-state index in [1.54, 1.807) is 6.20 Å². The van der Waals surface area contributed by atoms with Crippen molar-refractivity contribution < 1.29 is 4.74 Å². The molecule has 4 heteroatoms. The van der Waals surface area contributed by atoms with E-state index in [1.807, 2.05) is 12.1 Å². The van der Waals surface area contributed by atoms with Crippen LogP contribution in [0.2, 0.25) is 0 Å². The minimum atomic E-state index is 0.445. The topological polar surface area (TPSA) is 60.2 Å². The molecule has 1 aliphatic rings. The Morgan fingerprint density at radius 2 is 2.21 bits per heavy atom. The van der Waals surface area contributed by atoms with Gasteiger partial charge in [-0.3, -0.25) is 0 Å². The van der Waals surface area contributed by atoms with Gasteiger partial charge in [0, 0.05) is 25.5 Å². The van der Waals surface area contributed by atoms with E-state index in [0.29, 0.717) is 11.7 Å². The number of nitrogens with two attached hydrogens (primary N) is 1. The first-order valence-corrected chi connectivity index (χ1v) is 4.91. The lowest BCUT2D eigenvalue weighted by molar-refractivity contribution is 0.0904. The highest BCUT2D eigenvalue weighted by molar-refractivity contribution is 5.60. The van der Waals surface area contributed by atoms with Gasteiger partial charge in [0.05, 0.1) is 5.69 Å². The third kappa shape index (κ3) is 2.14. The van der Waals surface area contributed by atoms with Crippen LogP contribution in [0.15, 0.2) is 18.3 Å². The predicted octanol–water partition coefficient (Wildman–Crippen LogP) is 1.25. The van der Waals surface area contributed by atoms with E-state index in [0.717, 1.165) is 31.9 Å². The smallest absolute Gasteiger partial charge is 0.149 e. The molecular weight excluding hydrogens is 178 g/mol. The zero-order valence-corrected chi connectivity index (χ0v) is 8.07. The molecule has 3 N–H and O–H groups in total. The van der Waals surface area contributed by atoms with Gasteiger partial charge in [0.2, 0.25) is 0 Å². The zero-order chi connectivity index (χ0) is 9.80. The lowest BCUT2D eigenvalue weighted by Gasteiger charge is -2.24. The maximum atomic E-state index is 5.78. The quantitative estimate of drug-likeness (QED) is 0.742. The van der Waals surface area contributed by atoms with Crippen LogP contribution in [0, 0.1) is 0 Å². The number of hydrogen-bond acceptors (Lipinski definition) is 4. The highest BCUT2D eigenvalue weighted by Gasteiger charge is 2.14. The summed E-state index contributed by atoms with van der Waals surface area (Å²) in [6, 6.07) is 4.14. The monoisotopic (exact) mass is 193 g/mol. The number of anilines is 2. The highest BCUT2D eigenvalue weighted by atomic mass is 16.5. The summed E-state index contributed by atoms with van der Waals surface area (Å²) >= 11 is 0. The number of rotatable bonds is 2. The third-order valence-electron chi connectivity index (χ3n) is 2.40. The second kappa shape index (κ2) is 4.28. The Morgan fingerprint density at radius 3 is 2.93 bits per heavy atom. The average Bonchev–Trinajstić information content (AvgIpc) is 2.23. The molecular formula is C10H15N3O. The van der Waals surface area contributed by atoms with Gasteiger partial charge in [-0.2, -0.15) is 0 Å². The average molecular weight is 193 g/mol. The first-order chi connectivity index (χ1) is 6.86. The summed E-state index contributed by atoms with van der Waals surface area (Å²) in [4.78, 5) is 4.20. The maximum absolute atomic E-state index is 5.78. The fourth-order valence-electron chi connectivity index (χ4n) is 1.57. The van der Waals surface area contributed by atoms with Gasteiger partial charge in [-0.1, -0.05) is 0 Å². The Morgan fingerprint density at radius 1 is 1.43 bits per heavy atom. The van der Waals surface area contributed by atoms with Crippen molar-refractivity contribution in [3.8, 4) is 0 Å². The number of aromatic nitrogens is 1. The van der Waals surface area contributed by atoms with Crippen molar-refractivity contribution in [3.05, 3.63) is 18.3 Å². The van der Waals surface area contributed by atoms with Crippen LogP contribution in [0.1, 0.15) is 12.8 Å². The van der Waals surface area contributed by atoms with Gasteiger partial charge in [0.1, 0.15) is 5.82 Å². The van der Waals surface area contributed by atoms with Crippen molar-refractivity contribution in [2.45, 2.75) is 18.9 Å². The molecule has 0 unspecified atom stereocenters. The molecule has 0 spiro atoms. The van der Waals surface area contributed by atoms with E-state index in [1.165, 1.54) is 0 Å². The second-order valence-corrected chi connectivity index (χ2v) is 3.47. The van der Waals surface area contributed by atoms with E-state index in [-0.39, 0.29) is 0 Å². The summed E-state index contributed by atoms with van der Waals surface area (Å²) in [5.74, 6) is 0.791. The number of hydrogen-bond donors (Lipinski definition) is 2. The summed E-state index contributed by atoms with van der Waals surface area (Å²) in [6.45, 7) is 1.65. The van der Waals surface area contributed by atoms with Gasteiger partial charge in [-0.05, 0) is 25.0 Å². The largest absolute Gasteiger partial charge is 0.396 e. The van der Waals surface area contributed by atoms with Crippen LogP contribution in [0.3, 0.4) is 0 Å². The van der Waals surface area contributed by atoms with Crippen LogP contribution in [0.4, 0.5) is 11.5 Å². The van der Waals surface area contributed by atoms with Gasteiger partial charge >= 0.3 is 0 Å². The molecule has 2 heterocycles. The molecule has 1 aliphatic heterocycles. The van der Waals surface area contributed by atoms with Gasteiger partial charge in [0.25, 0.3) is 0 Å². The molecule has 0 amide bonds. The Bertz CT molecular complexity index is 297. The summed E-state index contributed by atoms with van der Waals surface area (Å²) in [5.41, 5.74) is 6.49. The minimum absolute atomic E-state index is 0.445. The fourth-order valence-corrected chi connectivity index (χ4v) is 1.57. The number of pyridine rings is 1. The van der Waals surface area contributed by atoms with E-state index in [4.69, 9.17) is 10.5 Å². The molecule has 1 aromatic heterocycles. The van der Waals surface area contributed by atoms with Crippen LogP contribution in [0.25, 0.3) is 0 Å². The van der Waals surface area contributed by atoms with E-state index in [2.05, 4.69) is 10.3 Å². The molecule has 0 saturated carbocycles. The third-order valence-corrected chi connectivity index (χ3v) is 2.40. The number of nitrogen functional groups attached to an aromatic ring is 1. The van der Waals surface area contributed by atoms with Crippen LogP contribution in [0.5, 0.6) is 0 Å². The Hall–Kier alpha value is -1.29. The molecule has 0 aliphatic carbocycles. The van der Waals surface area contributed by atoms with Crippen molar-refractivity contribution in [2.75, 3.05) is 24.3 Å². The molecule has 0 atom stereocenters. The lowest BCUT2D eigenvalue weighted by atomic mass is 10.1. The first kappa shape index (κ1) is 9.27. The zero-order valence-electron chi connectivity index (χ0n) is 8.07. The van der Waals surface area contributed by atoms with E-state index >= 15 is 0 Å². The predicted molar refractivity (Wildman–Crippen MR) is 56.1 cm³/mol. The fraction of sp³-hybridized carbons (Fsp3) is 0.500. The normalized spacial score (nSPS) is 18.0. The lowest BCUT2D eigenvalue weighted by Crippen LogP contribution is -2.28. The second-order valence-electron chi connectivity index (χ2n) is 3.47. The van der Waals surface area contributed by atoms with Crippen molar-refractivity contribution in [1.29, 1.82) is 0 Å². The van der Waals surface area contributed by atoms with E-state index in [9.17, 15) is 0 Å². The Balaban J connectivity index is 1.99. The molecule has 4 nitrogen and oxygen atoms in total. The van der Waals surface area contributed by atoms with Crippen molar-refractivity contribution >= 4 is 11.5 Å². The number of ether oxygens (including phenoxy) is 1. The molecule has 14 heavy (non-hydrogen) atoms. The Kier molecular flexibility index (Phi) is 2.84. The SMILES string of the molecule is Nc1cccnc1NC1CCOCC1. The molecule has 1 saturated heterocycles. The number of nitrogens with one attached hydrogen (secondary N) is 1. The van der Waals surface area contributed by atoms with Crippen LogP contribution < -0.4 is 11.1 Å². The van der Waals surface area contributed by atoms with E-state index < -0.39 is 0 Å². The summed E-state index contributed by atoms with van der Waals surface area (Å²) in [5, 5.41) is 3.33. The molecule has 0 radical (unpaired) electrons. The van der Waals surface area contributed by atoms with Gasteiger partial charge < -0.3 is 15.8 Å². The standard InChI is InChI=1S/C10H15N3O/c11-9-2-1-5-12-10(9)13-8-3-6-14-7-4-8/h1-2,5,8H,3-4,6-7,11H2,(H,12,13). The van der Waals surface area contributed by atoms with Gasteiger partial charge in [-0.15, -0.1) is 0 Å². The van der Waals surface area contributed by atoms with Crippen LogP contribution >= 0.6 is 0 Å². The molecule has 1 fully saturated rings. The highest BCUT2D eigenvalue weighted by Crippen LogP contribution is 2.18. The molecule has 0 bridgehead atoms. The molecule has 2 rings (SSSR count). The van der Waals surface area contributed by atoms with Crippen molar-refractivity contribution in [1.82, 2.24) is 4.98 Å². The van der Waals surface area contributed by atoms with Crippen molar-refractivity contribution in [3.63, 3.8) is 0 Å². The summed E-state index contributed by atoms with van der Waals surface area (Å²) in [7, 11) is 0. The summed E-state index contributed by atoms with van der Waals surface area (Å²) < 4.78 is 5.28.